The van der Waals surface area contributed by atoms with E-state index >= 15 is 0 Å². The highest BCUT2D eigenvalue weighted by Crippen LogP contribution is 2.17. The molecule has 1 N–H and O–H groups in total. The van der Waals surface area contributed by atoms with Crippen LogP contribution < -0.4 is 5.43 Å². The van der Waals surface area contributed by atoms with Crippen LogP contribution in [0.15, 0.2) is 47.2 Å². The van der Waals surface area contributed by atoms with E-state index in [1.165, 1.54) is 19.3 Å². The van der Waals surface area contributed by atoms with Gasteiger partial charge in [0.25, 0.3) is 5.91 Å². The predicted octanol–water partition coefficient (Wildman–Crippen LogP) is 1.89. The van der Waals surface area contributed by atoms with Gasteiger partial charge in [-0.15, -0.1) is 0 Å². The average Bonchev–Trinajstić information content (AvgIpc) is 2.82. The summed E-state index contributed by atoms with van der Waals surface area (Å²) in [5, 5.41) is 4.16. The van der Waals surface area contributed by atoms with Crippen molar-refractivity contribution in [3.8, 4) is 0 Å². The highest BCUT2D eigenvalue weighted by molar-refractivity contribution is 6.30. The summed E-state index contributed by atoms with van der Waals surface area (Å²) in [4.78, 5) is 14.1. The Morgan fingerprint density at radius 2 is 1.84 bits per heavy atom. The largest absolute Gasteiger partial charge is 0.377 e. The molecule has 0 atom stereocenters. The van der Waals surface area contributed by atoms with Crippen LogP contribution in [0, 0.1) is 0 Å². The Bertz CT molecular complexity index is 528. The molecule has 0 aliphatic carbocycles. The van der Waals surface area contributed by atoms with E-state index in [1.807, 2.05) is 36.5 Å². The third-order valence-electron chi connectivity index (χ3n) is 3.52. The molecule has 3 rings (SSSR count). The van der Waals surface area contributed by atoms with Crippen molar-refractivity contribution in [2.24, 2.45) is 5.10 Å². The molecular formula is C15H17N3O. The van der Waals surface area contributed by atoms with Crippen LogP contribution in [0.1, 0.15) is 24.8 Å². The summed E-state index contributed by atoms with van der Waals surface area (Å²) in [6, 6.07) is 9.83. The zero-order chi connectivity index (χ0) is 13.1. The van der Waals surface area contributed by atoms with Crippen LogP contribution in [0.3, 0.4) is 0 Å². The fourth-order valence-corrected chi connectivity index (χ4v) is 2.50. The maximum absolute atomic E-state index is 11.9. The number of hydrazone groups is 1. The topological polar surface area (TPSA) is 44.7 Å². The smallest absolute Gasteiger partial charge is 0.275 e. The number of hydrogen-bond donors (Lipinski definition) is 1. The van der Waals surface area contributed by atoms with Gasteiger partial charge in [-0.1, -0.05) is 30.3 Å². The Morgan fingerprint density at radius 1 is 1.11 bits per heavy atom. The molecular weight excluding hydrogens is 238 g/mol. The summed E-state index contributed by atoms with van der Waals surface area (Å²) in [5.74, 6) is -0.107. The molecule has 4 heteroatoms. The number of benzene rings is 1. The molecule has 19 heavy (non-hydrogen) atoms. The number of hydrogen-bond acceptors (Lipinski definition) is 3. The lowest BCUT2D eigenvalue weighted by Gasteiger charge is -2.25. The summed E-state index contributed by atoms with van der Waals surface area (Å²) < 4.78 is 0. The molecule has 0 spiro atoms. The molecule has 1 aromatic rings. The molecule has 0 bridgehead atoms. The van der Waals surface area contributed by atoms with Gasteiger partial charge in [0.1, 0.15) is 5.71 Å². The third kappa shape index (κ3) is 2.52. The van der Waals surface area contributed by atoms with Gasteiger partial charge in [0, 0.05) is 24.9 Å². The second-order valence-corrected chi connectivity index (χ2v) is 4.91. The summed E-state index contributed by atoms with van der Waals surface area (Å²) in [5.41, 5.74) is 4.96. The van der Waals surface area contributed by atoms with Crippen LogP contribution in [0.5, 0.6) is 0 Å². The maximum atomic E-state index is 11.9. The number of carbonyl (C=O) groups is 1. The lowest BCUT2D eigenvalue weighted by molar-refractivity contribution is -0.116. The Labute approximate surface area is 112 Å². The summed E-state index contributed by atoms with van der Waals surface area (Å²) in [6.45, 7) is 2.05. The Morgan fingerprint density at radius 3 is 2.58 bits per heavy atom. The SMILES string of the molecule is O=C1NN=C(c2ccccc2)C1=CN1CCCCC1. The second kappa shape index (κ2) is 5.26. The van der Waals surface area contributed by atoms with Gasteiger partial charge in [0.15, 0.2) is 0 Å². The molecule has 1 saturated heterocycles. The van der Waals surface area contributed by atoms with Crippen LogP contribution in [-0.4, -0.2) is 29.6 Å². The molecule has 2 aliphatic rings. The summed E-state index contributed by atoms with van der Waals surface area (Å²) in [6.07, 6.45) is 5.64. The molecule has 1 amide bonds. The van der Waals surface area contributed by atoms with E-state index in [4.69, 9.17) is 0 Å². The first-order valence-corrected chi connectivity index (χ1v) is 6.74. The molecule has 98 valence electrons. The van der Waals surface area contributed by atoms with Crippen molar-refractivity contribution in [3.63, 3.8) is 0 Å². The number of likely N-dealkylation sites (tertiary alicyclic amines) is 1. The molecule has 1 fully saturated rings. The lowest BCUT2D eigenvalue weighted by atomic mass is 10.0. The van der Waals surface area contributed by atoms with Crippen LogP contribution in [-0.2, 0) is 4.79 Å². The number of piperidine rings is 1. The zero-order valence-corrected chi connectivity index (χ0v) is 10.8. The Kier molecular flexibility index (Phi) is 3.31. The van der Waals surface area contributed by atoms with Crippen molar-refractivity contribution in [2.45, 2.75) is 19.3 Å². The van der Waals surface area contributed by atoms with Crippen LogP contribution in [0.2, 0.25) is 0 Å². The lowest BCUT2D eigenvalue weighted by Crippen LogP contribution is -2.27. The minimum Gasteiger partial charge on any atom is -0.377 e. The number of rotatable bonds is 2. The van der Waals surface area contributed by atoms with E-state index in [-0.39, 0.29) is 5.91 Å². The van der Waals surface area contributed by atoms with Gasteiger partial charge in [0.2, 0.25) is 0 Å². The molecule has 0 radical (unpaired) electrons. The molecule has 2 heterocycles. The monoisotopic (exact) mass is 255 g/mol. The maximum Gasteiger partial charge on any atom is 0.275 e. The van der Waals surface area contributed by atoms with Gasteiger partial charge >= 0.3 is 0 Å². The van der Waals surface area contributed by atoms with Gasteiger partial charge in [0.05, 0.1) is 5.57 Å². The van der Waals surface area contributed by atoms with Crippen LogP contribution in [0.4, 0.5) is 0 Å². The van der Waals surface area contributed by atoms with Gasteiger partial charge < -0.3 is 4.90 Å². The van der Waals surface area contributed by atoms with E-state index in [2.05, 4.69) is 15.4 Å². The average molecular weight is 255 g/mol. The van der Waals surface area contributed by atoms with Gasteiger partial charge in [-0.2, -0.15) is 5.10 Å². The van der Waals surface area contributed by atoms with E-state index in [1.54, 1.807) is 0 Å². The van der Waals surface area contributed by atoms with E-state index in [9.17, 15) is 4.79 Å². The zero-order valence-electron chi connectivity index (χ0n) is 10.8. The van der Waals surface area contributed by atoms with Crippen molar-refractivity contribution in [3.05, 3.63) is 47.7 Å². The normalized spacial score (nSPS) is 21.5. The van der Waals surface area contributed by atoms with E-state index in [0.717, 1.165) is 24.4 Å². The van der Waals surface area contributed by atoms with Crippen molar-refractivity contribution >= 4 is 11.6 Å². The van der Waals surface area contributed by atoms with Gasteiger partial charge in [-0.25, -0.2) is 5.43 Å². The Balaban J connectivity index is 1.88. The van der Waals surface area contributed by atoms with E-state index < -0.39 is 0 Å². The summed E-state index contributed by atoms with van der Waals surface area (Å²) in [7, 11) is 0. The second-order valence-electron chi connectivity index (χ2n) is 4.91. The van der Waals surface area contributed by atoms with Crippen molar-refractivity contribution in [1.29, 1.82) is 0 Å². The van der Waals surface area contributed by atoms with Gasteiger partial charge in [-0.05, 0) is 19.3 Å². The number of nitrogens with zero attached hydrogens (tertiary/aromatic N) is 2. The predicted molar refractivity (Wildman–Crippen MR) is 74.6 cm³/mol. The minimum absolute atomic E-state index is 0.107. The highest BCUT2D eigenvalue weighted by Gasteiger charge is 2.24. The standard InChI is InChI=1S/C15H17N3O/c19-15-13(11-18-9-5-2-6-10-18)14(16-17-15)12-7-3-1-4-8-12/h1,3-4,7-8,11H,2,5-6,9-10H2,(H,17,19). The molecule has 0 aromatic heterocycles. The molecule has 4 nitrogen and oxygen atoms in total. The molecule has 1 aromatic carbocycles. The first-order chi connectivity index (χ1) is 9.34. The third-order valence-corrected chi connectivity index (χ3v) is 3.52. The van der Waals surface area contributed by atoms with Crippen molar-refractivity contribution in [2.75, 3.05) is 13.1 Å². The van der Waals surface area contributed by atoms with Crippen LogP contribution >= 0.6 is 0 Å². The van der Waals surface area contributed by atoms with Crippen molar-refractivity contribution in [1.82, 2.24) is 10.3 Å². The first-order valence-electron chi connectivity index (χ1n) is 6.74. The van der Waals surface area contributed by atoms with Crippen molar-refractivity contribution < 1.29 is 4.79 Å². The number of carbonyl (C=O) groups excluding carboxylic acids is 1. The Hall–Kier alpha value is -2.10. The highest BCUT2D eigenvalue weighted by atomic mass is 16.2. The fourth-order valence-electron chi connectivity index (χ4n) is 2.50. The number of nitrogens with one attached hydrogen (secondary N) is 1. The first kappa shape index (κ1) is 12.0. The molecule has 0 unspecified atom stereocenters. The minimum atomic E-state index is -0.107. The van der Waals surface area contributed by atoms with Crippen LogP contribution in [0.25, 0.3) is 0 Å². The number of amides is 1. The van der Waals surface area contributed by atoms with E-state index in [0.29, 0.717) is 5.57 Å². The fraction of sp³-hybridized carbons (Fsp3) is 0.333. The molecule has 2 aliphatic heterocycles. The quantitative estimate of drug-likeness (QED) is 0.820. The molecule has 0 saturated carbocycles. The van der Waals surface area contributed by atoms with Gasteiger partial charge in [-0.3, -0.25) is 4.79 Å². The summed E-state index contributed by atoms with van der Waals surface area (Å²) >= 11 is 0.